The molecule has 6 aromatic carbocycles. The van der Waals surface area contributed by atoms with Crippen LogP contribution in [0.4, 0.5) is 0 Å². The second kappa shape index (κ2) is 9.91. The Kier molecular flexibility index (Phi) is 5.70. The van der Waals surface area contributed by atoms with Crippen molar-refractivity contribution >= 4 is 96.7 Å². The van der Waals surface area contributed by atoms with E-state index < -0.39 is 0 Å². The van der Waals surface area contributed by atoms with Gasteiger partial charge < -0.3 is 5.41 Å². The van der Waals surface area contributed by atoms with Gasteiger partial charge >= 0.3 is 0 Å². The molecule has 2 N–H and O–H groups in total. The van der Waals surface area contributed by atoms with E-state index in [1.807, 2.05) is 17.4 Å². The summed E-state index contributed by atoms with van der Waals surface area (Å²) in [5.41, 5.74) is 10.4. The first kappa shape index (κ1) is 25.3. The normalized spacial score (nSPS) is 12.3. The van der Waals surface area contributed by atoms with Crippen LogP contribution in [0, 0.1) is 5.41 Å². The van der Waals surface area contributed by atoms with Gasteiger partial charge in [-0.25, -0.2) is 0 Å². The average molecular weight is 600 g/mol. The Labute approximate surface area is 261 Å². The van der Waals surface area contributed by atoms with Crippen LogP contribution in [-0.2, 0) is 0 Å². The molecule has 5 heteroatoms. The first-order valence-corrected chi connectivity index (χ1v) is 16.2. The van der Waals surface area contributed by atoms with Crippen LogP contribution in [0.2, 0.25) is 0 Å². The molecule has 0 saturated heterocycles. The zero-order chi connectivity index (χ0) is 29.2. The summed E-state index contributed by atoms with van der Waals surface area (Å²) in [4.78, 5) is 0. The Bertz CT molecular complexity index is 2600. The summed E-state index contributed by atoms with van der Waals surface area (Å²) in [5, 5.41) is 15.7. The molecule has 0 radical (unpaired) electrons. The summed E-state index contributed by atoms with van der Waals surface area (Å²) >= 11 is 3.66. The molecule has 0 saturated carbocycles. The standard InChI is InChI=1S/C39H25N3S2/c40-22-21-32(30-14-8-13-28-26-11-4-6-15-35(26)43-38(28)30)41-42-33-20-19-29-27-12-5-7-16-36(27)44-39(29)37(33)31-18-17-25(23-34(31)42)24-9-2-1-3-10-24/h1-23,40-41H/b32-21-,40-22?. The average Bonchev–Trinajstić information content (AvgIpc) is 3.74. The van der Waals surface area contributed by atoms with E-state index in [4.69, 9.17) is 5.41 Å². The number of hydrogen-bond acceptors (Lipinski definition) is 4. The highest BCUT2D eigenvalue weighted by Crippen LogP contribution is 2.43. The third-order valence-electron chi connectivity index (χ3n) is 8.56. The van der Waals surface area contributed by atoms with Crippen LogP contribution in [0.25, 0.3) is 79.0 Å². The molecule has 9 rings (SSSR count). The van der Waals surface area contributed by atoms with Crippen LogP contribution in [0.3, 0.4) is 0 Å². The second-order valence-electron chi connectivity index (χ2n) is 11.0. The number of rotatable bonds is 5. The molecule has 3 nitrogen and oxygen atoms in total. The Hall–Kier alpha value is -5.23. The van der Waals surface area contributed by atoms with Crippen molar-refractivity contribution in [2.45, 2.75) is 0 Å². The molecule has 3 heterocycles. The van der Waals surface area contributed by atoms with Gasteiger partial charge in [0.2, 0.25) is 0 Å². The van der Waals surface area contributed by atoms with Crippen molar-refractivity contribution in [3.8, 4) is 11.1 Å². The lowest BCUT2D eigenvalue weighted by atomic mass is 10.0. The molecule has 9 aromatic rings. The quantitative estimate of drug-likeness (QED) is 0.190. The maximum atomic E-state index is 8.12. The smallest absolute Gasteiger partial charge is 0.0724 e. The van der Waals surface area contributed by atoms with E-state index in [9.17, 15) is 0 Å². The monoisotopic (exact) mass is 599 g/mol. The van der Waals surface area contributed by atoms with Crippen LogP contribution in [0.5, 0.6) is 0 Å². The molecule has 0 unspecified atom stereocenters. The molecule has 0 atom stereocenters. The lowest BCUT2D eigenvalue weighted by molar-refractivity contribution is 1.07. The lowest BCUT2D eigenvalue weighted by Crippen LogP contribution is -2.13. The first-order chi connectivity index (χ1) is 21.8. The van der Waals surface area contributed by atoms with Crippen molar-refractivity contribution in [2.75, 3.05) is 5.43 Å². The predicted molar refractivity (Wildman–Crippen MR) is 193 cm³/mol. The molecule has 0 bridgehead atoms. The fraction of sp³-hybridized carbons (Fsp3) is 0. The molecule has 0 fully saturated rings. The zero-order valence-electron chi connectivity index (χ0n) is 23.5. The van der Waals surface area contributed by atoms with E-state index in [2.05, 4.69) is 137 Å². The number of benzene rings is 6. The summed E-state index contributed by atoms with van der Waals surface area (Å²) in [5.74, 6) is 0. The molecule has 0 spiro atoms. The number of allylic oxidation sites excluding steroid dienone is 1. The Morgan fingerprint density at radius 3 is 2.00 bits per heavy atom. The van der Waals surface area contributed by atoms with Gasteiger partial charge in [-0.2, -0.15) is 0 Å². The molecule has 0 aliphatic rings. The second-order valence-corrected chi connectivity index (χ2v) is 13.1. The molecule has 0 aliphatic carbocycles. The lowest BCUT2D eigenvalue weighted by Gasteiger charge is -2.16. The number of nitrogens with one attached hydrogen (secondary N) is 2. The third kappa shape index (κ3) is 3.77. The highest BCUT2D eigenvalue weighted by Gasteiger charge is 2.19. The van der Waals surface area contributed by atoms with E-state index >= 15 is 0 Å². The van der Waals surface area contributed by atoms with Crippen LogP contribution < -0.4 is 5.43 Å². The Morgan fingerprint density at radius 1 is 0.568 bits per heavy atom. The summed E-state index contributed by atoms with van der Waals surface area (Å²) in [6.07, 6.45) is 3.25. The van der Waals surface area contributed by atoms with Gasteiger partial charge in [0.25, 0.3) is 0 Å². The van der Waals surface area contributed by atoms with Crippen LogP contribution in [-0.4, -0.2) is 10.9 Å². The van der Waals surface area contributed by atoms with Gasteiger partial charge in [-0.3, -0.25) is 10.1 Å². The van der Waals surface area contributed by atoms with Crippen molar-refractivity contribution in [1.82, 2.24) is 4.68 Å². The molecular weight excluding hydrogens is 575 g/mol. The van der Waals surface area contributed by atoms with Gasteiger partial charge in [-0.15, -0.1) is 22.7 Å². The van der Waals surface area contributed by atoms with Gasteiger partial charge in [-0.1, -0.05) is 103 Å². The van der Waals surface area contributed by atoms with Gasteiger partial charge in [0, 0.05) is 62.9 Å². The Morgan fingerprint density at radius 2 is 1.23 bits per heavy atom. The van der Waals surface area contributed by atoms with Crippen molar-refractivity contribution < 1.29 is 0 Å². The number of hydrogen-bond donors (Lipinski definition) is 2. The summed E-state index contributed by atoms with van der Waals surface area (Å²) in [6, 6.07) is 45.6. The van der Waals surface area contributed by atoms with Crippen molar-refractivity contribution in [3.63, 3.8) is 0 Å². The number of nitrogens with zero attached hydrogens (tertiary/aromatic N) is 1. The van der Waals surface area contributed by atoms with E-state index in [0.29, 0.717) is 0 Å². The maximum Gasteiger partial charge on any atom is 0.0724 e. The Balaban J connectivity index is 1.33. The summed E-state index contributed by atoms with van der Waals surface area (Å²) in [6.45, 7) is 0. The van der Waals surface area contributed by atoms with E-state index in [-0.39, 0.29) is 0 Å². The fourth-order valence-corrected chi connectivity index (χ4v) is 9.05. The first-order valence-electron chi connectivity index (χ1n) is 14.6. The zero-order valence-corrected chi connectivity index (χ0v) is 25.2. The molecule has 208 valence electrons. The maximum absolute atomic E-state index is 8.12. The van der Waals surface area contributed by atoms with Gasteiger partial charge in [-0.05, 0) is 41.5 Å². The van der Waals surface area contributed by atoms with E-state index in [1.54, 1.807) is 11.3 Å². The molecule has 0 aliphatic heterocycles. The molecular formula is C39H25N3S2. The highest BCUT2D eigenvalue weighted by molar-refractivity contribution is 7.27. The fourth-order valence-electron chi connectivity index (χ4n) is 6.56. The summed E-state index contributed by atoms with van der Waals surface area (Å²) < 4.78 is 7.30. The van der Waals surface area contributed by atoms with Gasteiger partial charge in [0.05, 0.1) is 16.7 Å². The minimum atomic E-state index is 0.887. The molecule has 3 aromatic heterocycles. The van der Waals surface area contributed by atoms with Gasteiger partial charge in [0.15, 0.2) is 0 Å². The highest BCUT2D eigenvalue weighted by atomic mass is 32.1. The van der Waals surface area contributed by atoms with Crippen LogP contribution in [0.1, 0.15) is 5.56 Å². The summed E-state index contributed by atoms with van der Waals surface area (Å²) in [7, 11) is 0. The number of aromatic nitrogens is 1. The predicted octanol–water partition coefficient (Wildman–Crippen LogP) is 11.4. The minimum Gasteiger partial charge on any atom is -0.309 e. The molecule has 0 amide bonds. The topological polar surface area (TPSA) is 40.8 Å². The number of fused-ring (bicyclic) bond motifs is 10. The van der Waals surface area contributed by atoms with Crippen LogP contribution in [0.15, 0.2) is 133 Å². The number of thiophene rings is 2. The van der Waals surface area contributed by atoms with Crippen molar-refractivity contribution in [2.24, 2.45) is 0 Å². The molecule has 44 heavy (non-hydrogen) atoms. The van der Waals surface area contributed by atoms with E-state index in [0.717, 1.165) is 22.3 Å². The SMILES string of the molecule is N=C/C=C(\Nn1c2cc(-c3ccccc3)ccc2c2c3sc4ccccc4c3ccc21)c1cccc2c1sc1ccccc12. The largest absolute Gasteiger partial charge is 0.309 e. The van der Waals surface area contributed by atoms with Crippen molar-refractivity contribution in [3.05, 3.63) is 139 Å². The third-order valence-corrected chi connectivity index (χ3v) is 11.0. The van der Waals surface area contributed by atoms with Crippen LogP contribution >= 0.6 is 22.7 Å². The van der Waals surface area contributed by atoms with E-state index in [1.165, 1.54) is 68.5 Å². The minimum absolute atomic E-state index is 0.887. The van der Waals surface area contributed by atoms with Gasteiger partial charge in [0.1, 0.15) is 0 Å². The van der Waals surface area contributed by atoms with Crippen molar-refractivity contribution in [1.29, 1.82) is 5.41 Å².